The van der Waals surface area contributed by atoms with Crippen molar-refractivity contribution < 1.29 is 102 Å². The maximum atomic E-state index is 13.6. The molecule has 0 radical (unpaired) electrons. The van der Waals surface area contributed by atoms with Gasteiger partial charge in [0.2, 0.25) is 0 Å². The monoisotopic (exact) mass is 822 g/mol. The largest absolute Gasteiger partial charge is 0.277 e. The van der Waals surface area contributed by atoms with E-state index in [0.717, 1.165) is 38.3 Å². The lowest BCUT2D eigenvalue weighted by atomic mass is 9.76. The Kier molecular flexibility index (Phi) is 32.4. The first-order valence-electron chi connectivity index (χ1n) is 13.2. The highest BCUT2D eigenvalue weighted by Gasteiger charge is 2.40. The third-order valence-corrected chi connectivity index (χ3v) is 7.96. The van der Waals surface area contributed by atoms with Crippen molar-refractivity contribution in [1.29, 1.82) is 0 Å². The molecule has 308 valence electrons. The van der Waals surface area contributed by atoms with Crippen molar-refractivity contribution >= 4 is 29.3 Å². The van der Waals surface area contributed by atoms with Crippen molar-refractivity contribution in [3.63, 3.8) is 0 Å². The number of carbonyl (C=O) groups excluding carboxylic acids is 4. The summed E-state index contributed by atoms with van der Waals surface area (Å²) in [6, 6.07) is 12.7. The molecular weight excluding hydrogens is 794 g/mol. The van der Waals surface area contributed by atoms with E-state index in [4.69, 9.17) is 82.3 Å². The van der Waals surface area contributed by atoms with Gasteiger partial charge in [0.15, 0.2) is 0 Å². The van der Waals surface area contributed by atoms with E-state index in [-0.39, 0.29) is 23.6 Å². The maximum absolute atomic E-state index is 13.6. The predicted octanol–water partition coefficient (Wildman–Crippen LogP) is 12.8. The van der Waals surface area contributed by atoms with E-state index in [9.17, 15) is 19.2 Å². The normalized spacial score (nSPS) is 11.1. The number of fused-ring (bicyclic) bond motifs is 2. The Morgan fingerprint density at radius 3 is 1.13 bits per heavy atom. The average molecular weight is 823 g/mol. The number of hydrogen-bond acceptors (Lipinski definition) is 4. The standard InChI is InChI=1S/C30H28N2O4.9F2/c1-15-12-16(2)25(18(4)17(15)3)32-28(35)22-11-9-20(14-24(22)29(32)36)30(5,6)19-8-10-21-23(13-19)27(34)31(7)26(21)33;9*1-2/h8-14H,1-7H3;;;;;;;;;. The van der Waals surface area contributed by atoms with Crippen LogP contribution in [0.15, 0.2) is 42.5 Å². The molecule has 2 heterocycles. The van der Waals surface area contributed by atoms with Crippen molar-refractivity contribution in [2.75, 3.05) is 11.9 Å². The van der Waals surface area contributed by atoms with E-state index < -0.39 is 5.41 Å². The number of hydrogen-bond donors (Lipinski definition) is 0. The number of aryl methyl sites for hydroxylation is 2. The number of anilines is 1. The van der Waals surface area contributed by atoms with Gasteiger partial charge >= 0.3 is 0 Å². The molecule has 4 amide bonds. The summed E-state index contributed by atoms with van der Waals surface area (Å²) < 4.78 is 144. The molecule has 0 saturated heterocycles. The number of halogens is 18. The number of imide groups is 2. The van der Waals surface area contributed by atoms with Gasteiger partial charge < -0.3 is 0 Å². The number of carbonyl (C=O) groups is 4. The molecule has 24 heteroatoms. The highest BCUT2D eigenvalue weighted by molar-refractivity contribution is 6.35. The zero-order chi connectivity index (χ0) is 44.3. The van der Waals surface area contributed by atoms with Crippen LogP contribution in [0.4, 0.5) is 88.0 Å². The molecule has 0 unspecified atom stereocenters. The Hall–Kier alpha value is -5.32. The second kappa shape index (κ2) is 30.2. The number of rotatable bonds is 3. The van der Waals surface area contributed by atoms with Crippen LogP contribution in [-0.2, 0) is 5.41 Å². The van der Waals surface area contributed by atoms with Crippen LogP contribution in [-0.4, -0.2) is 35.6 Å². The van der Waals surface area contributed by atoms with Crippen molar-refractivity contribution in [2.45, 2.75) is 47.0 Å². The van der Waals surface area contributed by atoms with Gasteiger partial charge in [0.25, 0.3) is 23.6 Å². The molecule has 0 bridgehead atoms. The Morgan fingerprint density at radius 1 is 0.426 bits per heavy atom. The highest BCUT2D eigenvalue weighted by atomic mass is 20.0. The first kappa shape index (κ1) is 58.0. The molecule has 3 aromatic rings. The Balaban J connectivity index is -0.000000391. The van der Waals surface area contributed by atoms with E-state index in [1.165, 1.54) is 11.9 Å². The number of nitrogens with zero attached hydrogens (tertiary/aromatic N) is 2. The zero-order valence-electron chi connectivity index (χ0n) is 28.4. The summed E-state index contributed by atoms with van der Waals surface area (Å²) >= 11 is 0. The molecule has 2 aliphatic heterocycles. The predicted molar refractivity (Wildman–Crippen MR) is 158 cm³/mol. The molecule has 0 fully saturated rings. The smallest absolute Gasteiger partial charge is 0.266 e. The third-order valence-electron chi connectivity index (χ3n) is 7.96. The average Bonchev–Trinajstić information content (AvgIpc) is 3.62. The van der Waals surface area contributed by atoms with Crippen molar-refractivity contribution in [3.8, 4) is 0 Å². The lowest BCUT2D eigenvalue weighted by molar-refractivity contribution is 0.0692. The van der Waals surface area contributed by atoms with E-state index in [2.05, 4.69) is 0 Å². The summed E-state index contributed by atoms with van der Waals surface area (Å²) in [4.78, 5) is 54.3. The Labute approximate surface area is 293 Å². The summed E-state index contributed by atoms with van der Waals surface area (Å²) in [5.41, 5.74) is 7.25. The zero-order valence-corrected chi connectivity index (χ0v) is 28.4. The van der Waals surface area contributed by atoms with Gasteiger partial charge in [0, 0.05) is 94.8 Å². The first-order valence-corrected chi connectivity index (χ1v) is 13.2. The molecular formula is C30H28F18N2O4. The quantitative estimate of drug-likeness (QED) is 0.195. The van der Waals surface area contributed by atoms with Crippen LogP contribution in [0.25, 0.3) is 0 Å². The first-order chi connectivity index (χ1) is 25.9. The van der Waals surface area contributed by atoms with Crippen LogP contribution in [0.2, 0.25) is 0 Å². The van der Waals surface area contributed by atoms with Crippen LogP contribution >= 0.6 is 0 Å². The van der Waals surface area contributed by atoms with Crippen LogP contribution in [0.3, 0.4) is 0 Å². The van der Waals surface area contributed by atoms with Crippen LogP contribution in [0.5, 0.6) is 0 Å². The van der Waals surface area contributed by atoms with Gasteiger partial charge in [-0.2, -0.15) is 0 Å². The van der Waals surface area contributed by atoms with E-state index in [1.807, 2.05) is 59.7 Å². The second-order valence-electron chi connectivity index (χ2n) is 10.4. The minimum absolute atomic E-state index is 0.307. The lowest BCUT2D eigenvalue weighted by Gasteiger charge is -2.27. The van der Waals surface area contributed by atoms with E-state index >= 15 is 0 Å². The molecule has 6 nitrogen and oxygen atoms in total. The van der Waals surface area contributed by atoms with Crippen molar-refractivity contribution in [1.82, 2.24) is 4.90 Å². The fourth-order valence-corrected chi connectivity index (χ4v) is 5.36. The minimum atomic E-state index is -0.586. The number of benzene rings is 3. The summed E-state index contributed by atoms with van der Waals surface area (Å²) in [5.74, 6) is -1.29. The van der Waals surface area contributed by atoms with Gasteiger partial charge in [0.05, 0.1) is 27.9 Å². The minimum Gasteiger partial charge on any atom is -0.277 e. The third kappa shape index (κ3) is 12.4. The molecule has 0 N–H and O–H groups in total. The summed E-state index contributed by atoms with van der Waals surface area (Å²) in [7, 11) is 1.48. The molecule has 0 aliphatic carbocycles. The van der Waals surface area contributed by atoms with Gasteiger partial charge in [-0.3, -0.25) is 24.1 Å². The topological polar surface area (TPSA) is 74.8 Å². The van der Waals surface area contributed by atoms with Crippen molar-refractivity contribution in [2.24, 2.45) is 0 Å². The summed E-state index contributed by atoms with van der Waals surface area (Å²) in [5, 5.41) is 0. The van der Waals surface area contributed by atoms with Gasteiger partial charge in [0.1, 0.15) is 0 Å². The Morgan fingerprint density at radius 2 is 0.741 bits per heavy atom. The molecule has 54 heavy (non-hydrogen) atoms. The molecule has 3 aromatic carbocycles. The molecule has 0 atom stereocenters. The summed E-state index contributed by atoms with van der Waals surface area (Å²) in [6.45, 7) is 11.9. The highest BCUT2D eigenvalue weighted by Crippen LogP contribution is 2.39. The number of amides is 4. The molecule has 5 rings (SSSR count). The van der Waals surface area contributed by atoms with Gasteiger partial charge in [-0.1, -0.05) is 32.0 Å². The summed E-state index contributed by atoms with van der Waals surface area (Å²) in [6.07, 6.45) is 0. The SMILES string of the molecule is Cc1cc(C)c(N2C(=O)c3ccc(C(C)(C)c4ccc5c(c4)C(=O)N(C)C5=O)cc3C2=O)c(C)c1C.FF.FF.FF.FF.FF.FF.FF.FF.FF. The molecule has 2 aliphatic rings. The van der Waals surface area contributed by atoms with Gasteiger partial charge in [-0.25, -0.2) is 4.90 Å². The molecule has 0 aromatic heterocycles. The maximum Gasteiger partial charge on any atom is 0.266 e. The lowest BCUT2D eigenvalue weighted by Crippen LogP contribution is -2.31. The van der Waals surface area contributed by atoms with Crippen LogP contribution in [0.1, 0.15) is 88.7 Å². The fraction of sp³-hybridized carbons (Fsp3) is 0.267. The second-order valence-corrected chi connectivity index (χ2v) is 10.4. The van der Waals surface area contributed by atoms with Crippen LogP contribution < -0.4 is 4.90 Å². The van der Waals surface area contributed by atoms with E-state index in [0.29, 0.717) is 27.9 Å². The van der Waals surface area contributed by atoms with Crippen LogP contribution in [0, 0.1) is 27.7 Å². The van der Waals surface area contributed by atoms with Gasteiger partial charge in [-0.05, 0) is 85.3 Å². The Bertz CT molecular complexity index is 1600. The molecule has 0 spiro atoms. The van der Waals surface area contributed by atoms with Crippen molar-refractivity contribution in [3.05, 3.63) is 98.1 Å². The fourth-order valence-electron chi connectivity index (χ4n) is 5.36. The van der Waals surface area contributed by atoms with E-state index in [1.54, 1.807) is 24.3 Å². The van der Waals surface area contributed by atoms with Gasteiger partial charge in [-0.15, -0.1) is 0 Å². The molecule has 0 saturated carbocycles.